The van der Waals surface area contributed by atoms with E-state index in [0.29, 0.717) is 0 Å². The predicted molar refractivity (Wildman–Crippen MR) is 54.6 cm³/mol. The van der Waals surface area contributed by atoms with Crippen molar-refractivity contribution in [3.05, 3.63) is 6.20 Å². The molecule has 0 N–H and O–H groups in total. The van der Waals surface area contributed by atoms with Crippen molar-refractivity contribution in [3.63, 3.8) is 0 Å². The van der Waals surface area contributed by atoms with Gasteiger partial charge >= 0.3 is 0 Å². The lowest BCUT2D eigenvalue weighted by Gasteiger charge is -2.03. The van der Waals surface area contributed by atoms with Gasteiger partial charge in [0, 0.05) is 31.0 Å². The van der Waals surface area contributed by atoms with Crippen LogP contribution in [0.2, 0.25) is 0 Å². The van der Waals surface area contributed by atoms with Gasteiger partial charge in [0.1, 0.15) is 0 Å². The monoisotopic (exact) mass is 205 g/mol. The van der Waals surface area contributed by atoms with Crippen molar-refractivity contribution in [1.82, 2.24) is 10.1 Å². The molecule has 0 bridgehead atoms. The van der Waals surface area contributed by atoms with Gasteiger partial charge in [0.2, 0.25) is 5.82 Å². The van der Waals surface area contributed by atoms with Gasteiger partial charge in [-0.1, -0.05) is 0 Å². The van der Waals surface area contributed by atoms with E-state index in [2.05, 4.69) is 24.9 Å². The molecule has 0 atom stereocenters. The first-order chi connectivity index (χ1) is 7.40. The van der Waals surface area contributed by atoms with Gasteiger partial charge in [-0.15, -0.1) is 0 Å². The molecule has 0 saturated carbocycles. The molecular formula is C9H13N6+. The second kappa shape index (κ2) is 2.50. The highest BCUT2D eigenvalue weighted by Gasteiger charge is 2.34. The molecule has 0 spiro atoms. The minimum Gasteiger partial charge on any atom is -0.348 e. The maximum Gasteiger partial charge on any atom is 0.296 e. The Hall–Kier alpha value is -1.59. The molecule has 3 aliphatic heterocycles. The summed E-state index contributed by atoms with van der Waals surface area (Å²) in [7, 11) is 0. The highest BCUT2D eigenvalue weighted by molar-refractivity contribution is 5.47. The van der Waals surface area contributed by atoms with Crippen LogP contribution in [0.5, 0.6) is 0 Å². The molecule has 0 unspecified atom stereocenters. The van der Waals surface area contributed by atoms with Crippen LogP contribution in [0.25, 0.3) is 0 Å². The molecule has 0 amide bonds. The first-order valence-electron chi connectivity index (χ1n) is 5.46. The maximum absolute atomic E-state index is 4.56. The van der Waals surface area contributed by atoms with Gasteiger partial charge in [-0.2, -0.15) is 9.99 Å². The molecule has 3 saturated heterocycles. The molecule has 15 heavy (non-hydrogen) atoms. The molecule has 1 aromatic rings. The highest BCUT2D eigenvalue weighted by Crippen LogP contribution is 2.21. The van der Waals surface area contributed by atoms with Crippen LogP contribution >= 0.6 is 0 Å². The van der Waals surface area contributed by atoms with Gasteiger partial charge in [0.05, 0.1) is 18.2 Å². The number of anilines is 2. The van der Waals surface area contributed by atoms with Gasteiger partial charge < -0.3 is 9.80 Å². The average Bonchev–Trinajstić information content (AvgIpc) is 3.20. The summed E-state index contributed by atoms with van der Waals surface area (Å²) >= 11 is 0. The Morgan fingerprint density at radius 3 is 2.33 bits per heavy atom. The summed E-state index contributed by atoms with van der Waals surface area (Å²) in [4.78, 5) is 11.0. The molecule has 3 fully saturated rings. The lowest BCUT2D eigenvalue weighted by atomic mass is 10.7. The van der Waals surface area contributed by atoms with E-state index < -0.39 is 0 Å². The van der Waals surface area contributed by atoms with Crippen LogP contribution in [-0.2, 0) is 0 Å². The normalized spacial score (nSPS) is 22.0. The van der Waals surface area contributed by atoms with Crippen LogP contribution in [-0.4, -0.2) is 49.4 Å². The van der Waals surface area contributed by atoms with Gasteiger partial charge in [-0.05, 0) is 0 Å². The van der Waals surface area contributed by atoms with Crippen LogP contribution in [0, 0.1) is 0 Å². The Morgan fingerprint density at radius 2 is 1.73 bits per heavy atom. The van der Waals surface area contributed by atoms with Gasteiger partial charge in [0.15, 0.2) is 0 Å². The standard InChI is InChI=1S/C9H13N6/c1-2-12(1)8-7-15(14-5-6-14)11-9(10-8)13-3-4-13/h7H,1-6H2/q+1. The van der Waals surface area contributed by atoms with Crippen molar-refractivity contribution >= 4 is 11.8 Å². The SMILES string of the molecule is c1c(N2CC2)nc(N2CC2)n[n+]1N1CC1. The maximum atomic E-state index is 4.56. The average molecular weight is 205 g/mol. The number of aromatic nitrogens is 3. The van der Waals surface area contributed by atoms with E-state index in [1.807, 2.05) is 11.0 Å². The Morgan fingerprint density at radius 1 is 1.00 bits per heavy atom. The van der Waals surface area contributed by atoms with E-state index in [1.165, 1.54) is 0 Å². The van der Waals surface area contributed by atoms with E-state index >= 15 is 0 Å². The summed E-state index contributed by atoms with van der Waals surface area (Å²) in [6.45, 7) is 6.70. The molecule has 4 rings (SSSR count). The Labute approximate surface area is 87.7 Å². The summed E-state index contributed by atoms with van der Waals surface area (Å²) in [5.41, 5.74) is 0. The van der Waals surface area contributed by atoms with Gasteiger partial charge in [0.25, 0.3) is 12.1 Å². The van der Waals surface area contributed by atoms with Crippen molar-refractivity contribution < 1.29 is 4.79 Å². The molecule has 3 aliphatic rings. The van der Waals surface area contributed by atoms with Crippen LogP contribution in [0.1, 0.15) is 0 Å². The fourth-order valence-electron chi connectivity index (χ4n) is 1.59. The van der Waals surface area contributed by atoms with E-state index in [4.69, 9.17) is 0 Å². The molecule has 0 radical (unpaired) electrons. The molecule has 6 nitrogen and oxygen atoms in total. The Kier molecular flexibility index (Phi) is 1.28. The molecule has 78 valence electrons. The summed E-state index contributed by atoms with van der Waals surface area (Å²) in [5, 5.41) is 6.69. The zero-order chi connectivity index (χ0) is 9.83. The first kappa shape index (κ1) is 7.67. The lowest BCUT2D eigenvalue weighted by Crippen LogP contribution is -2.49. The number of hydrogen-bond acceptors (Lipinski definition) is 5. The first-order valence-corrected chi connectivity index (χ1v) is 5.46. The fraction of sp³-hybridized carbons (Fsp3) is 0.667. The molecule has 6 heteroatoms. The zero-order valence-corrected chi connectivity index (χ0v) is 8.50. The van der Waals surface area contributed by atoms with Crippen LogP contribution in [0.3, 0.4) is 0 Å². The topological polar surface area (TPSA) is 38.7 Å². The highest BCUT2D eigenvalue weighted by atomic mass is 15.7. The largest absolute Gasteiger partial charge is 0.348 e. The number of hydrogen-bond donors (Lipinski definition) is 0. The molecule has 0 aliphatic carbocycles. The van der Waals surface area contributed by atoms with E-state index in [1.54, 1.807) is 0 Å². The van der Waals surface area contributed by atoms with Crippen molar-refractivity contribution in [1.29, 1.82) is 0 Å². The quantitative estimate of drug-likeness (QED) is 0.437. The third-order valence-electron chi connectivity index (χ3n) is 2.85. The zero-order valence-electron chi connectivity index (χ0n) is 8.50. The predicted octanol–water partition coefficient (Wildman–Crippen LogP) is -1.64. The van der Waals surface area contributed by atoms with E-state index in [9.17, 15) is 0 Å². The molecule has 4 heterocycles. The van der Waals surface area contributed by atoms with Gasteiger partial charge in [-0.3, -0.25) is 0 Å². The van der Waals surface area contributed by atoms with Crippen molar-refractivity contribution in [3.8, 4) is 0 Å². The minimum absolute atomic E-state index is 0.881. The van der Waals surface area contributed by atoms with Crippen LogP contribution in [0.4, 0.5) is 11.8 Å². The third kappa shape index (κ3) is 1.36. The van der Waals surface area contributed by atoms with E-state index in [-0.39, 0.29) is 0 Å². The molecular weight excluding hydrogens is 192 g/mol. The second-order valence-corrected chi connectivity index (χ2v) is 4.25. The Balaban J connectivity index is 1.76. The lowest BCUT2D eigenvalue weighted by molar-refractivity contribution is -0.732. The second-order valence-electron chi connectivity index (χ2n) is 4.25. The fourth-order valence-corrected chi connectivity index (χ4v) is 1.59. The third-order valence-corrected chi connectivity index (χ3v) is 2.85. The van der Waals surface area contributed by atoms with Crippen LogP contribution < -0.4 is 19.6 Å². The van der Waals surface area contributed by atoms with Crippen molar-refractivity contribution in [2.24, 2.45) is 0 Å². The summed E-state index contributed by atoms with van der Waals surface area (Å²) in [6.07, 6.45) is 2.03. The summed E-state index contributed by atoms with van der Waals surface area (Å²) < 4.78 is 0. The van der Waals surface area contributed by atoms with Crippen molar-refractivity contribution in [2.75, 3.05) is 54.1 Å². The number of rotatable bonds is 3. The number of nitrogens with zero attached hydrogens (tertiary/aromatic N) is 6. The summed E-state index contributed by atoms with van der Waals surface area (Å²) in [6, 6.07) is 0. The van der Waals surface area contributed by atoms with Crippen molar-refractivity contribution in [2.45, 2.75) is 0 Å². The Bertz CT molecular complexity index is 333. The van der Waals surface area contributed by atoms with Crippen LogP contribution in [0.15, 0.2) is 6.20 Å². The minimum atomic E-state index is 0.881. The summed E-state index contributed by atoms with van der Waals surface area (Å²) in [5.74, 6) is 1.95. The van der Waals surface area contributed by atoms with E-state index in [0.717, 1.165) is 51.0 Å². The smallest absolute Gasteiger partial charge is 0.296 e. The van der Waals surface area contributed by atoms with Gasteiger partial charge in [-0.25, -0.2) is 0 Å². The molecule has 0 aromatic carbocycles. The molecule has 1 aromatic heterocycles.